The fraction of sp³-hybridized carbons (Fsp3) is 0.455. The van der Waals surface area contributed by atoms with Gasteiger partial charge in [-0.05, 0) is 38.2 Å². The SMILES string of the molecule is [C-]#[N+]c1cnc(NC(CC)C2CCN(S(=O)(=O)CC)CC2)nc1-c1c[nH]c2ncc(F)cc12. The molecular weight excluding hydrogens is 445 g/mol. The molecule has 4 rings (SSSR count). The summed E-state index contributed by atoms with van der Waals surface area (Å²) < 4.78 is 39.7. The number of nitrogens with zero attached hydrogens (tertiary/aromatic N) is 5. The van der Waals surface area contributed by atoms with Gasteiger partial charge in [-0.25, -0.2) is 36.9 Å². The number of aromatic amines is 1. The Kier molecular flexibility index (Phi) is 6.58. The van der Waals surface area contributed by atoms with Crippen LogP contribution in [0.1, 0.15) is 33.1 Å². The molecule has 1 saturated heterocycles. The molecule has 0 bridgehead atoms. The summed E-state index contributed by atoms with van der Waals surface area (Å²) in [6, 6.07) is 1.43. The summed E-state index contributed by atoms with van der Waals surface area (Å²) in [7, 11) is -3.17. The average molecular weight is 472 g/mol. The summed E-state index contributed by atoms with van der Waals surface area (Å²) in [5, 5.41) is 3.93. The quantitative estimate of drug-likeness (QED) is 0.505. The summed E-state index contributed by atoms with van der Waals surface area (Å²) in [5.41, 5.74) is 1.76. The van der Waals surface area contributed by atoms with E-state index < -0.39 is 15.8 Å². The van der Waals surface area contributed by atoms with Gasteiger partial charge in [0.1, 0.15) is 11.5 Å². The first-order valence-electron chi connectivity index (χ1n) is 11.0. The standard InChI is InChI=1S/C22H26FN7O2S/c1-4-18(14-6-8-30(9-7-14)33(31,32)5-2)28-22-27-13-19(24-3)20(29-22)17-12-26-21-16(17)10-15(23)11-25-21/h10-14,18H,4-9H2,1-2H3,(H,25,26)(H,27,28,29). The van der Waals surface area contributed by atoms with Crippen LogP contribution in [0, 0.1) is 18.3 Å². The van der Waals surface area contributed by atoms with Crippen LogP contribution in [0.3, 0.4) is 0 Å². The predicted octanol–water partition coefficient (Wildman–Crippen LogP) is 3.96. The summed E-state index contributed by atoms with van der Waals surface area (Å²) in [5.74, 6) is 0.302. The molecule has 0 aliphatic carbocycles. The molecule has 3 aromatic heterocycles. The number of pyridine rings is 1. The second-order valence-electron chi connectivity index (χ2n) is 8.09. The topological polar surface area (TPSA) is 108 Å². The number of hydrogen-bond acceptors (Lipinski definition) is 6. The number of aromatic nitrogens is 4. The highest BCUT2D eigenvalue weighted by molar-refractivity contribution is 7.89. The molecule has 1 aliphatic rings. The summed E-state index contributed by atoms with van der Waals surface area (Å²) in [6.07, 6.45) is 6.59. The summed E-state index contributed by atoms with van der Waals surface area (Å²) in [6.45, 7) is 12.3. The van der Waals surface area contributed by atoms with E-state index in [1.807, 2.05) is 0 Å². The molecule has 4 heterocycles. The Morgan fingerprint density at radius 3 is 2.73 bits per heavy atom. The van der Waals surface area contributed by atoms with Crippen LogP contribution < -0.4 is 5.32 Å². The van der Waals surface area contributed by atoms with Crippen LogP contribution in [0.4, 0.5) is 16.0 Å². The Morgan fingerprint density at radius 1 is 1.30 bits per heavy atom. The zero-order chi connectivity index (χ0) is 23.6. The number of hydrogen-bond donors (Lipinski definition) is 2. The number of nitrogens with one attached hydrogen (secondary N) is 2. The fourth-order valence-electron chi connectivity index (χ4n) is 4.36. The van der Waals surface area contributed by atoms with Crippen molar-refractivity contribution in [1.82, 2.24) is 24.2 Å². The number of anilines is 1. The average Bonchev–Trinajstić information content (AvgIpc) is 3.25. The van der Waals surface area contributed by atoms with E-state index in [1.54, 1.807) is 17.4 Å². The Hall–Kier alpha value is -3.10. The van der Waals surface area contributed by atoms with Gasteiger partial charge in [0.05, 0.1) is 24.2 Å². The second kappa shape index (κ2) is 9.41. The molecule has 0 spiro atoms. The monoisotopic (exact) mass is 471 g/mol. The van der Waals surface area contributed by atoms with Crippen molar-refractivity contribution in [3.63, 3.8) is 0 Å². The number of halogens is 1. The number of sulfonamides is 1. The van der Waals surface area contributed by atoms with Crippen molar-refractivity contribution < 1.29 is 12.8 Å². The van der Waals surface area contributed by atoms with Crippen molar-refractivity contribution in [3.05, 3.63) is 41.9 Å². The van der Waals surface area contributed by atoms with Gasteiger partial charge in [-0.2, -0.15) is 0 Å². The van der Waals surface area contributed by atoms with Crippen LogP contribution in [-0.2, 0) is 10.0 Å². The van der Waals surface area contributed by atoms with Crippen LogP contribution in [0.25, 0.3) is 27.1 Å². The van der Waals surface area contributed by atoms with E-state index in [0.29, 0.717) is 41.3 Å². The Labute approximate surface area is 192 Å². The first kappa shape index (κ1) is 23.1. The van der Waals surface area contributed by atoms with Crippen molar-refractivity contribution in [3.8, 4) is 11.3 Å². The van der Waals surface area contributed by atoms with E-state index >= 15 is 0 Å². The van der Waals surface area contributed by atoms with Crippen LogP contribution in [0.2, 0.25) is 0 Å². The summed E-state index contributed by atoms with van der Waals surface area (Å²) >= 11 is 0. The third kappa shape index (κ3) is 4.67. The van der Waals surface area contributed by atoms with Gasteiger partial charge >= 0.3 is 0 Å². The molecule has 0 aromatic carbocycles. The Morgan fingerprint density at radius 2 is 2.06 bits per heavy atom. The molecule has 2 N–H and O–H groups in total. The molecule has 0 radical (unpaired) electrons. The number of piperidine rings is 1. The van der Waals surface area contributed by atoms with E-state index in [0.717, 1.165) is 25.5 Å². The highest BCUT2D eigenvalue weighted by Crippen LogP contribution is 2.34. The Balaban J connectivity index is 1.57. The fourth-order valence-corrected chi connectivity index (χ4v) is 5.49. The van der Waals surface area contributed by atoms with Crippen molar-refractivity contribution in [1.29, 1.82) is 0 Å². The summed E-state index contributed by atoms with van der Waals surface area (Å²) in [4.78, 5) is 19.5. The van der Waals surface area contributed by atoms with Crippen molar-refractivity contribution in [2.75, 3.05) is 24.2 Å². The van der Waals surface area contributed by atoms with Gasteiger partial charge in [0.2, 0.25) is 21.7 Å². The van der Waals surface area contributed by atoms with Crippen molar-refractivity contribution >= 4 is 32.7 Å². The normalized spacial score (nSPS) is 16.5. The molecular formula is C22H26FN7O2S. The van der Waals surface area contributed by atoms with E-state index in [2.05, 4.69) is 37.0 Å². The third-order valence-electron chi connectivity index (χ3n) is 6.22. The number of rotatable bonds is 7. The maximum Gasteiger partial charge on any atom is 0.231 e. The maximum atomic E-state index is 13.8. The van der Waals surface area contributed by atoms with Crippen LogP contribution in [0.15, 0.2) is 24.7 Å². The van der Waals surface area contributed by atoms with E-state index in [9.17, 15) is 12.8 Å². The van der Waals surface area contributed by atoms with Gasteiger partial charge in [0, 0.05) is 42.5 Å². The molecule has 1 aliphatic heterocycles. The molecule has 0 amide bonds. The maximum absolute atomic E-state index is 13.8. The highest BCUT2D eigenvalue weighted by atomic mass is 32.2. The van der Waals surface area contributed by atoms with Crippen LogP contribution >= 0.6 is 0 Å². The highest BCUT2D eigenvalue weighted by Gasteiger charge is 2.30. The molecule has 1 atom stereocenters. The van der Waals surface area contributed by atoms with E-state index in [4.69, 9.17) is 6.57 Å². The minimum absolute atomic E-state index is 0.0604. The van der Waals surface area contributed by atoms with Gasteiger partial charge in [-0.3, -0.25) is 0 Å². The second-order valence-corrected chi connectivity index (χ2v) is 10.3. The molecule has 3 aromatic rings. The Bertz CT molecular complexity index is 1290. The zero-order valence-corrected chi connectivity index (χ0v) is 19.4. The van der Waals surface area contributed by atoms with Gasteiger partial charge in [0.15, 0.2) is 0 Å². The lowest BCUT2D eigenvalue weighted by molar-refractivity contribution is 0.249. The van der Waals surface area contributed by atoms with Crippen LogP contribution in [-0.4, -0.2) is 57.5 Å². The van der Waals surface area contributed by atoms with Gasteiger partial charge in [0.25, 0.3) is 0 Å². The number of fused-ring (bicyclic) bond motifs is 1. The van der Waals surface area contributed by atoms with E-state index in [-0.39, 0.29) is 23.4 Å². The lowest BCUT2D eigenvalue weighted by atomic mass is 9.89. The molecule has 9 nitrogen and oxygen atoms in total. The molecule has 0 saturated carbocycles. The molecule has 1 fully saturated rings. The van der Waals surface area contributed by atoms with Crippen molar-refractivity contribution in [2.45, 2.75) is 39.2 Å². The predicted molar refractivity (Wildman–Crippen MR) is 125 cm³/mol. The van der Waals surface area contributed by atoms with Gasteiger partial charge < -0.3 is 10.3 Å². The first-order valence-corrected chi connectivity index (χ1v) is 12.6. The number of H-pyrrole nitrogens is 1. The van der Waals surface area contributed by atoms with E-state index in [1.165, 1.54) is 12.3 Å². The lowest BCUT2D eigenvalue weighted by Gasteiger charge is -2.35. The molecule has 33 heavy (non-hydrogen) atoms. The third-order valence-corrected chi connectivity index (χ3v) is 8.10. The zero-order valence-electron chi connectivity index (χ0n) is 18.5. The van der Waals surface area contributed by atoms with Crippen LogP contribution in [0.5, 0.6) is 0 Å². The minimum Gasteiger partial charge on any atom is -0.351 e. The smallest absolute Gasteiger partial charge is 0.231 e. The van der Waals surface area contributed by atoms with Crippen molar-refractivity contribution in [2.24, 2.45) is 5.92 Å². The molecule has 1 unspecified atom stereocenters. The van der Waals surface area contributed by atoms with Gasteiger partial charge in [-0.15, -0.1) is 0 Å². The molecule has 174 valence electrons. The van der Waals surface area contributed by atoms with Gasteiger partial charge in [-0.1, -0.05) is 6.92 Å². The first-order chi connectivity index (χ1) is 15.9. The minimum atomic E-state index is -3.17. The molecule has 11 heteroatoms. The lowest BCUT2D eigenvalue weighted by Crippen LogP contribution is -2.43. The largest absolute Gasteiger partial charge is 0.351 e.